The molecule has 0 radical (unpaired) electrons. The summed E-state index contributed by atoms with van der Waals surface area (Å²) in [5.41, 5.74) is -3.75. The topological polar surface area (TPSA) is 90.2 Å². The summed E-state index contributed by atoms with van der Waals surface area (Å²) in [6.07, 6.45) is 0. The molecule has 0 atom stereocenters. The summed E-state index contributed by atoms with van der Waals surface area (Å²) in [4.78, 5) is 24.2. The molecular formula is C14H7F3IN3O4. The van der Waals surface area contributed by atoms with E-state index in [-0.39, 0.29) is 5.69 Å². The van der Waals surface area contributed by atoms with E-state index < -0.39 is 50.5 Å². The van der Waals surface area contributed by atoms with Crippen molar-refractivity contribution >= 4 is 39.3 Å². The van der Waals surface area contributed by atoms with Gasteiger partial charge in [0.05, 0.1) is 17.7 Å². The first-order chi connectivity index (χ1) is 11.8. The summed E-state index contributed by atoms with van der Waals surface area (Å²) < 4.78 is 48.7. The van der Waals surface area contributed by atoms with Crippen LogP contribution in [0.2, 0.25) is 0 Å². The molecule has 0 spiro atoms. The van der Waals surface area contributed by atoms with Crippen LogP contribution < -0.4 is 10.4 Å². The number of benzene rings is 2. The number of nitro groups is 1. The van der Waals surface area contributed by atoms with Crippen LogP contribution >= 0.6 is 22.6 Å². The molecule has 1 N–H and O–H groups in total. The van der Waals surface area contributed by atoms with Gasteiger partial charge in [0.25, 0.3) is 0 Å². The van der Waals surface area contributed by atoms with Gasteiger partial charge < -0.3 is 9.72 Å². The van der Waals surface area contributed by atoms with Gasteiger partial charge in [0, 0.05) is 3.57 Å². The van der Waals surface area contributed by atoms with E-state index in [1.807, 2.05) is 22.6 Å². The van der Waals surface area contributed by atoms with Gasteiger partial charge in [-0.05, 0) is 40.8 Å². The Morgan fingerprint density at radius 3 is 2.52 bits per heavy atom. The molecule has 25 heavy (non-hydrogen) atoms. The van der Waals surface area contributed by atoms with Gasteiger partial charge in [0.15, 0.2) is 5.82 Å². The highest BCUT2D eigenvalue weighted by Crippen LogP contribution is 2.39. The lowest BCUT2D eigenvalue weighted by Crippen LogP contribution is -2.16. The minimum absolute atomic E-state index is 0.342. The molecule has 1 heterocycles. The average Bonchev–Trinajstić information content (AvgIpc) is 2.87. The number of aromatic amines is 1. The molecule has 1 aromatic heterocycles. The molecule has 3 aromatic rings. The molecule has 0 amide bonds. The standard InChI is InChI=1S/C14H7F3IN3O4/c1-25-13-10-11(8(16)9(17)12(13)21(23)24)20(14(22)19-10)7-3-2-5(18)4-6(7)15/h2-4H,1H3,(H,19,22). The fourth-order valence-corrected chi connectivity index (χ4v) is 2.94. The number of fused-ring (bicyclic) bond motifs is 1. The van der Waals surface area contributed by atoms with Gasteiger partial charge in [-0.3, -0.25) is 14.7 Å². The zero-order valence-corrected chi connectivity index (χ0v) is 14.4. The second kappa shape index (κ2) is 6.06. The summed E-state index contributed by atoms with van der Waals surface area (Å²) in [5, 5.41) is 11.0. The predicted molar refractivity (Wildman–Crippen MR) is 89.7 cm³/mol. The van der Waals surface area contributed by atoms with E-state index in [9.17, 15) is 28.1 Å². The SMILES string of the molecule is COc1c([N+](=O)[O-])c(F)c(F)c2c1[nH]c(=O)n2-c1ccc(I)cc1F. The molecule has 0 aliphatic rings. The predicted octanol–water partition coefficient (Wildman–Crippen LogP) is 3.26. The maximum atomic E-state index is 14.5. The number of imidazole rings is 1. The largest absolute Gasteiger partial charge is 0.489 e. The highest BCUT2D eigenvalue weighted by molar-refractivity contribution is 14.1. The first-order valence-corrected chi connectivity index (χ1v) is 7.65. The lowest BCUT2D eigenvalue weighted by Gasteiger charge is -2.09. The number of ether oxygens (including phenoxy) is 1. The van der Waals surface area contributed by atoms with Crippen molar-refractivity contribution in [2.75, 3.05) is 7.11 Å². The van der Waals surface area contributed by atoms with Crippen molar-refractivity contribution in [3.8, 4) is 11.4 Å². The molecule has 0 unspecified atom stereocenters. The summed E-state index contributed by atoms with van der Waals surface area (Å²) in [7, 11) is 1.00. The van der Waals surface area contributed by atoms with Crippen molar-refractivity contribution in [3.05, 3.63) is 59.8 Å². The summed E-state index contributed by atoms with van der Waals surface area (Å²) in [6, 6.07) is 3.76. The lowest BCUT2D eigenvalue weighted by molar-refractivity contribution is -0.388. The van der Waals surface area contributed by atoms with Crippen LogP contribution in [-0.4, -0.2) is 21.6 Å². The average molecular weight is 465 g/mol. The van der Waals surface area contributed by atoms with Crippen LogP contribution in [0.15, 0.2) is 23.0 Å². The third-order valence-corrected chi connectivity index (χ3v) is 4.15. The van der Waals surface area contributed by atoms with Crippen molar-refractivity contribution in [3.63, 3.8) is 0 Å². The van der Waals surface area contributed by atoms with Crippen LogP contribution in [0.3, 0.4) is 0 Å². The Labute approximate surface area is 150 Å². The first kappa shape index (κ1) is 17.3. The van der Waals surface area contributed by atoms with Crippen LogP contribution in [0.25, 0.3) is 16.7 Å². The van der Waals surface area contributed by atoms with Gasteiger partial charge >= 0.3 is 11.4 Å². The number of methoxy groups -OCH3 is 1. The van der Waals surface area contributed by atoms with Crippen LogP contribution in [0, 0.1) is 31.1 Å². The maximum Gasteiger partial charge on any atom is 0.351 e. The lowest BCUT2D eigenvalue weighted by atomic mass is 10.2. The van der Waals surface area contributed by atoms with E-state index in [0.717, 1.165) is 13.2 Å². The Balaban J connectivity index is 2.52. The number of hydrogen-bond acceptors (Lipinski definition) is 4. The van der Waals surface area contributed by atoms with Crippen molar-refractivity contribution in [1.82, 2.24) is 9.55 Å². The van der Waals surface area contributed by atoms with Crippen molar-refractivity contribution in [1.29, 1.82) is 0 Å². The quantitative estimate of drug-likeness (QED) is 0.366. The third kappa shape index (κ3) is 2.54. The molecule has 0 saturated carbocycles. The second-order valence-electron chi connectivity index (χ2n) is 4.85. The fraction of sp³-hybridized carbons (Fsp3) is 0.0714. The zero-order chi connectivity index (χ0) is 18.5. The van der Waals surface area contributed by atoms with Gasteiger partial charge in [-0.25, -0.2) is 13.6 Å². The molecule has 0 aliphatic heterocycles. The molecule has 0 saturated heterocycles. The molecule has 3 rings (SSSR count). The number of nitro benzene ring substituents is 1. The van der Waals surface area contributed by atoms with E-state index >= 15 is 0 Å². The molecule has 130 valence electrons. The number of aromatic nitrogens is 2. The smallest absolute Gasteiger partial charge is 0.351 e. The Kier molecular flexibility index (Phi) is 4.18. The molecule has 0 bridgehead atoms. The first-order valence-electron chi connectivity index (χ1n) is 6.57. The van der Waals surface area contributed by atoms with E-state index in [1.165, 1.54) is 12.1 Å². The van der Waals surface area contributed by atoms with Gasteiger partial charge in [0.1, 0.15) is 16.9 Å². The van der Waals surface area contributed by atoms with Gasteiger partial charge in [-0.15, -0.1) is 0 Å². The van der Waals surface area contributed by atoms with Gasteiger partial charge in [0.2, 0.25) is 11.6 Å². The highest BCUT2D eigenvalue weighted by Gasteiger charge is 2.33. The number of nitrogens with one attached hydrogen (secondary N) is 1. The minimum atomic E-state index is -1.81. The van der Waals surface area contributed by atoms with Crippen molar-refractivity contribution in [2.24, 2.45) is 0 Å². The summed E-state index contributed by atoms with van der Waals surface area (Å²) in [5.74, 6) is -5.00. The number of rotatable bonds is 3. The highest BCUT2D eigenvalue weighted by atomic mass is 127. The van der Waals surface area contributed by atoms with E-state index in [4.69, 9.17) is 4.74 Å². The molecule has 7 nitrogen and oxygen atoms in total. The third-order valence-electron chi connectivity index (χ3n) is 3.48. The van der Waals surface area contributed by atoms with Crippen LogP contribution in [0.5, 0.6) is 5.75 Å². The van der Waals surface area contributed by atoms with Crippen molar-refractivity contribution < 1.29 is 22.8 Å². The summed E-state index contributed by atoms with van der Waals surface area (Å²) in [6.45, 7) is 0. The maximum absolute atomic E-state index is 14.5. The Hall–Kier alpha value is -2.57. The number of hydrogen-bond donors (Lipinski definition) is 1. The molecule has 0 fully saturated rings. The number of H-pyrrole nitrogens is 1. The van der Waals surface area contributed by atoms with Gasteiger partial charge in [-0.2, -0.15) is 4.39 Å². The Morgan fingerprint density at radius 2 is 1.96 bits per heavy atom. The van der Waals surface area contributed by atoms with Crippen molar-refractivity contribution in [2.45, 2.75) is 0 Å². The van der Waals surface area contributed by atoms with E-state index in [1.54, 1.807) is 0 Å². The fourth-order valence-electron chi connectivity index (χ4n) is 2.49. The number of nitrogens with zero attached hydrogens (tertiary/aromatic N) is 2. The molecular weight excluding hydrogens is 458 g/mol. The van der Waals surface area contributed by atoms with E-state index in [0.29, 0.717) is 8.14 Å². The Bertz CT molecular complexity index is 1090. The zero-order valence-electron chi connectivity index (χ0n) is 12.3. The van der Waals surface area contributed by atoms with E-state index in [2.05, 4.69) is 4.98 Å². The normalized spacial score (nSPS) is 11.1. The number of halogens is 4. The van der Waals surface area contributed by atoms with Crippen LogP contribution in [0.4, 0.5) is 18.9 Å². The molecule has 11 heteroatoms. The Morgan fingerprint density at radius 1 is 1.28 bits per heavy atom. The summed E-state index contributed by atoms with van der Waals surface area (Å²) >= 11 is 1.84. The molecule has 0 aliphatic carbocycles. The van der Waals surface area contributed by atoms with Crippen LogP contribution in [-0.2, 0) is 0 Å². The van der Waals surface area contributed by atoms with Gasteiger partial charge in [-0.1, -0.05) is 0 Å². The monoisotopic (exact) mass is 465 g/mol. The minimum Gasteiger partial charge on any atom is -0.489 e. The van der Waals surface area contributed by atoms with Crippen LogP contribution in [0.1, 0.15) is 0 Å². The molecule has 2 aromatic carbocycles. The second-order valence-corrected chi connectivity index (χ2v) is 6.10.